The maximum Gasteiger partial charge on any atom is 0.336 e. The number of hydrogen-bond acceptors (Lipinski definition) is 10. The van der Waals surface area contributed by atoms with E-state index in [9.17, 15) is 25.2 Å². The van der Waals surface area contributed by atoms with Gasteiger partial charge in [0, 0.05) is 23.8 Å². The molecule has 4 N–H and O–H groups in total. The van der Waals surface area contributed by atoms with E-state index in [1.54, 1.807) is 31.4 Å². The van der Waals surface area contributed by atoms with Crippen molar-refractivity contribution in [2.45, 2.75) is 30.7 Å². The van der Waals surface area contributed by atoms with Crippen LogP contribution in [0.25, 0.3) is 22.1 Å². The Morgan fingerprint density at radius 1 is 0.909 bits per heavy atom. The zero-order valence-electron chi connectivity index (χ0n) is 17.9. The van der Waals surface area contributed by atoms with Crippen molar-refractivity contribution in [1.29, 1.82) is 0 Å². The van der Waals surface area contributed by atoms with Gasteiger partial charge in [0.15, 0.2) is 0 Å². The molecule has 5 atom stereocenters. The Kier molecular flexibility index (Phi) is 6.54. The summed E-state index contributed by atoms with van der Waals surface area (Å²) in [5, 5.41) is 40.4. The molecule has 10 nitrogen and oxygen atoms in total. The second kappa shape index (κ2) is 9.38. The van der Waals surface area contributed by atoms with E-state index < -0.39 is 42.9 Å². The fourth-order valence-corrected chi connectivity index (χ4v) is 3.74. The van der Waals surface area contributed by atoms with Crippen LogP contribution in [0.4, 0.5) is 0 Å². The van der Waals surface area contributed by atoms with Crippen molar-refractivity contribution in [1.82, 2.24) is 0 Å². The predicted octanol–water partition coefficient (Wildman–Crippen LogP) is 0.656. The molecular weight excluding hydrogens is 436 g/mol. The molecule has 1 aromatic heterocycles. The molecule has 0 radical (unpaired) electrons. The minimum Gasteiger partial charge on any atom is -0.497 e. The second-order valence-corrected chi connectivity index (χ2v) is 7.52. The third-order valence-corrected chi connectivity index (χ3v) is 5.51. The first kappa shape index (κ1) is 23.0. The lowest BCUT2D eigenvalue weighted by atomic mass is 9.99. The topological polar surface area (TPSA) is 148 Å². The lowest BCUT2D eigenvalue weighted by Crippen LogP contribution is -2.60. The monoisotopic (exact) mass is 460 g/mol. The first-order valence-electron chi connectivity index (χ1n) is 10.1. The van der Waals surface area contributed by atoms with Crippen molar-refractivity contribution < 1.29 is 43.8 Å². The molecule has 3 aromatic rings. The van der Waals surface area contributed by atoms with Gasteiger partial charge in [-0.25, -0.2) is 4.79 Å². The number of aliphatic hydroxyl groups is 4. The van der Waals surface area contributed by atoms with Gasteiger partial charge in [-0.1, -0.05) is 12.1 Å². The van der Waals surface area contributed by atoms with Crippen LogP contribution in [0.5, 0.6) is 17.2 Å². The Hall–Kier alpha value is -3.15. The number of methoxy groups -OCH3 is 2. The smallest absolute Gasteiger partial charge is 0.336 e. The van der Waals surface area contributed by atoms with E-state index in [1.807, 2.05) is 0 Å². The summed E-state index contributed by atoms with van der Waals surface area (Å²) in [6.45, 7) is -0.602. The summed E-state index contributed by atoms with van der Waals surface area (Å²) in [7, 11) is 2.96. The van der Waals surface area contributed by atoms with Crippen molar-refractivity contribution in [3.05, 3.63) is 52.9 Å². The SMILES string of the molecule is COc1ccc(-c2cc(=O)oc3cc(OC)cc(O[C@@H]4O[C@H](CO)[C@H](O)[C@H](O)[C@H]4O)c23)cc1. The molecular formula is C23H24O10. The minimum absolute atomic E-state index is 0.128. The number of rotatable bonds is 6. The van der Waals surface area contributed by atoms with Gasteiger partial charge in [0.1, 0.15) is 47.2 Å². The largest absolute Gasteiger partial charge is 0.497 e. The van der Waals surface area contributed by atoms with E-state index in [-0.39, 0.29) is 11.3 Å². The van der Waals surface area contributed by atoms with Gasteiger partial charge < -0.3 is 43.8 Å². The minimum atomic E-state index is -1.62. The molecule has 1 aliphatic rings. The average molecular weight is 460 g/mol. The Bertz CT molecular complexity index is 1170. The maximum absolute atomic E-state index is 12.3. The zero-order chi connectivity index (χ0) is 23.7. The molecule has 1 fully saturated rings. The normalized spacial score (nSPS) is 25.1. The fraction of sp³-hybridized carbons (Fsp3) is 0.348. The molecule has 0 aliphatic carbocycles. The highest BCUT2D eigenvalue weighted by molar-refractivity contribution is 5.98. The summed E-state index contributed by atoms with van der Waals surface area (Å²) < 4.78 is 27.2. The molecule has 0 bridgehead atoms. The van der Waals surface area contributed by atoms with Crippen LogP contribution < -0.4 is 19.8 Å². The highest BCUT2D eigenvalue weighted by Crippen LogP contribution is 2.39. The van der Waals surface area contributed by atoms with E-state index in [0.717, 1.165) is 0 Å². The number of hydrogen-bond donors (Lipinski definition) is 4. The van der Waals surface area contributed by atoms with E-state index in [0.29, 0.717) is 28.0 Å². The summed E-state index contributed by atoms with van der Waals surface area (Å²) in [5.74, 6) is 1.06. The molecule has 0 amide bonds. The summed E-state index contributed by atoms with van der Waals surface area (Å²) in [5.41, 5.74) is 0.705. The maximum atomic E-state index is 12.3. The molecule has 0 spiro atoms. The molecule has 176 valence electrons. The average Bonchev–Trinajstić information content (AvgIpc) is 2.83. The lowest BCUT2D eigenvalue weighted by Gasteiger charge is -2.39. The van der Waals surface area contributed by atoms with Crippen LogP contribution in [0.3, 0.4) is 0 Å². The van der Waals surface area contributed by atoms with Crippen LogP contribution in [-0.2, 0) is 4.74 Å². The first-order valence-corrected chi connectivity index (χ1v) is 10.1. The summed E-state index contributed by atoms with van der Waals surface area (Å²) in [4.78, 5) is 12.3. The Balaban J connectivity index is 1.85. The molecule has 33 heavy (non-hydrogen) atoms. The number of aliphatic hydroxyl groups excluding tert-OH is 4. The van der Waals surface area contributed by atoms with Crippen LogP contribution in [0.2, 0.25) is 0 Å². The molecule has 1 aliphatic heterocycles. The Labute approximate surface area is 188 Å². The molecule has 2 heterocycles. The third kappa shape index (κ3) is 4.39. The summed E-state index contributed by atoms with van der Waals surface area (Å²) in [6.07, 6.45) is -7.35. The Morgan fingerprint density at radius 3 is 2.24 bits per heavy atom. The Morgan fingerprint density at radius 2 is 1.61 bits per heavy atom. The molecule has 0 unspecified atom stereocenters. The fourth-order valence-electron chi connectivity index (χ4n) is 3.74. The molecule has 2 aromatic carbocycles. The van der Waals surface area contributed by atoms with Crippen LogP contribution in [0.1, 0.15) is 0 Å². The zero-order valence-corrected chi connectivity index (χ0v) is 17.9. The summed E-state index contributed by atoms with van der Waals surface area (Å²) in [6, 6.07) is 11.3. The van der Waals surface area contributed by atoms with Gasteiger partial charge in [-0.15, -0.1) is 0 Å². The van der Waals surface area contributed by atoms with Crippen LogP contribution >= 0.6 is 0 Å². The molecule has 1 saturated heterocycles. The van der Waals surface area contributed by atoms with Crippen LogP contribution in [0, 0.1) is 0 Å². The van der Waals surface area contributed by atoms with Crippen molar-refractivity contribution in [3.63, 3.8) is 0 Å². The van der Waals surface area contributed by atoms with Gasteiger partial charge in [0.25, 0.3) is 0 Å². The third-order valence-electron chi connectivity index (χ3n) is 5.51. The van der Waals surface area contributed by atoms with Crippen LogP contribution in [0.15, 0.2) is 51.7 Å². The number of benzene rings is 2. The van der Waals surface area contributed by atoms with E-state index >= 15 is 0 Å². The molecule has 10 heteroatoms. The van der Waals surface area contributed by atoms with Crippen molar-refractivity contribution in [3.8, 4) is 28.4 Å². The quantitative estimate of drug-likeness (QED) is 0.387. The number of ether oxygens (including phenoxy) is 4. The van der Waals surface area contributed by atoms with Gasteiger partial charge in [-0.2, -0.15) is 0 Å². The second-order valence-electron chi connectivity index (χ2n) is 7.52. The van der Waals surface area contributed by atoms with Gasteiger partial charge in [-0.3, -0.25) is 0 Å². The van der Waals surface area contributed by atoms with Gasteiger partial charge in [0.2, 0.25) is 6.29 Å². The first-order chi connectivity index (χ1) is 15.9. The van der Waals surface area contributed by atoms with E-state index in [2.05, 4.69) is 0 Å². The standard InChI is InChI=1S/C23H24O10/c1-29-12-5-3-11(4-6-12)14-9-18(25)31-15-7-13(30-2)8-16(19(14)15)32-23-22(28)21(27)20(26)17(10-24)33-23/h3-9,17,20-24,26-28H,10H2,1-2H3/t17-,20+,21+,22-,23-/m1/s1. The van der Waals surface area contributed by atoms with Crippen molar-refractivity contribution in [2.75, 3.05) is 20.8 Å². The van der Waals surface area contributed by atoms with Gasteiger partial charge in [-0.05, 0) is 17.7 Å². The van der Waals surface area contributed by atoms with Crippen LogP contribution in [-0.4, -0.2) is 72.0 Å². The number of fused-ring (bicyclic) bond motifs is 1. The van der Waals surface area contributed by atoms with Crippen molar-refractivity contribution in [2.24, 2.45) is 0 Å². The van der Waals surface area contributed by atoms with E-state index in [1.165, 1.54) is 25.3 Å². The lowest BCUT2D eigenvalue weighted by molar-refractivity contribution is -0.277. The van der Waals surface area contributed by atoms with Gasteiger partial charge in [0.05, 0.1) is 26.2 Å². The highest BCUT2D eigenvalue weighted by Gasteiger charge is 2.45. The molecule has 4 rings (SSSR count). The van der Waals surface area contributed by atoms with E-state index in [4.69, 9.17) is 23.4 Å². The summed E-state index contributed by atoms with van der Waals surface area (Å²) >= 11 is 0. The predicted molar refractivity (Wildman–Crippen MR) is 115 cm³/mol. The van der Waals surface area contributed by atoms with Gasteiger partial charge >= 0.3 is 5.63 Å². The van der Waals surface area contributed by atoms with Crippen molar-refractivity contribution >= 4 is 11.0 Å². The highest BCUT2D eigenvalue weighted by atomic mass is 16.7. The molecule has 0 saturated carbocycles.